The van der Waals surface area contributed by atoms with Crippen molar-refractivity contribution in [3.63, 3.8) is 0 Å². The predicted molar refractivity (Wildman–Crippen MR) is 107 cm³/mol. The van der Waals surface area contributed by atoms with E-state index in [9.17, 15) is 19.5 Å². The van der Waals surface area contributed by atoms with Gasteiger partial charge in [0.05, 0.1) is 7.11 Å². The highest BCUT2D eigenvalue weighted by molar-refractivity contribution is 5.84. The molecule has 0 bridgehead atoms. The lowest BCUT2D eigenvalue weighted by atomic mass is 10.1. The number of para-hydroxylation sites is 2. The first-order valence-electron chi connectivity index (χ1n) is 10.0. The van der Waals surface area contributed by atoms with Crippen molar-refractivity contribution in [2.45, 2.75) is 57.5 Å². The second-order valence-electron chi connectivity index (χ2n) is 7.11. The number of carboxylic acids is 1. The number of methoxy groups -OCH3 is 1. The molecule has 0 radical (unpaired) electrons. The Morgan fingerprint density at radius 1 is 1.24 bits per heavy atom. The molecule has 160 valence electrons. The summed E-state index contributed by atoms with van der Waals surface area (Å²) in [5.41, 5.74) is 0. The van der Waals surface area contributed by atoms with Gasteiger partial charge in [-0.15, -0.1) is 0 Å². The fourth-order valence-electron chi connectivity index (χ4n) is 3.01. The van der Waals surface area contributed by atoms with E-state index in [0.717, 1.165) is 25.7 Å². The summed E-state index contributed by atoms with van der Waals surface area (Å²) in [5, 5.41) is 11.8. The summed E-state index contributed by atoms with van der Waals surface area (Å²) in [4.78, 5) is 37.7. The van der Waals surface area contributed by atoms with Crippen molar-refractivity contribution >= 4 is 17.8 Å². The average molecular weight is 406 g/mol. The predicted octanol–water partition coefficient (Wildman–Crippen LogP) is 2.21. The number of nitrogens with zero attached hydrogens (tertiary/aromatic N) is 1. The Kier molecular flexibility index (Phi) is 8.76. The Morgan fingerprint density at radius 2 is 1.93 bits per heavy atom. The van der Waals surface area contributed by atoms with Crippen molar-refractivity contribution in [1.82, 2.24) is 10.2 Å². The van der Waals surface area contributed by atoms with Crippen LogP contribution in [0.4, 0.5) is 0 Å². The van der Waals surface area contributed by atoms with Crippen LogP contribution in [0.25, 0.3) is 0 Å². The summed E-state index contributed by atoms with van der Waals surface area (Å²) >= 11 is 0. The third kappa shape index (κ3) is 7.29. The standard InChI is InChI=1S/C21H30N2O6/c1-3-4-7-16(21(26)27)22-19(24)12-13-23(15-10-11-15)20(25)14-29-18-9-6-5-8-17(18)28-2/h5-6,8-9,15-16H,3-4,7,10-14H2,1-2H3,(H,22,24)(H,26,27). The highest BCUT2D eigenvalue weighted by Crippen LogP contribution is 2.28. The summed E-state index contributed by atoms with van der Waals surface area (Å²) in [6.07, 6.45) is 3.84. The van der Waals surface area contributed by atoms with Crippen LogP contribution in [0.15, 0.2) is 24.3 Å². The van der Waals surface area contributed by atoms with Gasteiger partial charge < -0.3 is 24.8 Å². The first kappa shape index (κ1) is 22.5. The monoisotopic (exact) mass is 406 g/mol. The molecule has 1 atom stereocenters. The first-order valence-corrected chi connectivity index (χ1v) is 10.0. The van der Waals surface area contributed by atoms with Gasteiger partial charge in [0.2, 0.25) is 5.91 Å². The summed E-state index contributed by atoms with van der Waals surface area (Å²) in [7, 11) is 1.53. The van der Waals surface area contributed by atoms with Crippen molar-refractivity contribution in [1.29, 1.82) is 0 Å². The van der Waals surface area contributed by atoms with Crippen LogP contribution in [0.2, 0.25) is 0 Å². The van der Waals surface area contributed by atoms with Crippen molar-refractivity contribution < 1.29 is 29.0 Å². The van der Waals surface area contributed by atoms with Crippen molar-refractivity contribution in [3.05, 3.63) is 24.3 Å². The molecule has 0 aromatic heterocycles. The molecule has 8 heteroatoms. The van der Waals surface area contributed by atoms with Crippen LogP contribution >= 0.6 is 0 Å². The Balaban J connectivity index is 1.85. The second kappa shape index (κ2) is 11.3. The molecule has 8 nitrogen and oxygen atoms in total. The molecule has 1 aliphatic rings. The third-order valence-electron chi connectivity index (χ3n) is 4.79. The molecule has 0 saturated heterocycles. The van der Waals surface area contributed by atoms with Crippen molar-refractivity contribution in [2.24, 2.45) is 0 Å². The van der Waals surface area contributed by atoms with Gasteiger partial charge in [0.1, 0.15) is 6.04 Å². The molecule has 29 heavy (non-hydrogen) atoms. The lowest BCUT2D eigenvalue weighted by Gasteiger charge is -2.23. The molecule has 1 aliphatic carbocycles. The number of hydrogen-bond acceptors (Lipinski definition) is 5. The normalized spacial score (nSPS) is 14.0. The molecule has 1 saturated carbocycles. The summed E-state index contributed by atoms with van der Waals surface area (Å²) < 4.78 is 10.8. The molecule has 1 aromatic rings. The van der Waals surface area contributed by atoms with E-state index in [4.69, 9.17) is 9.47 Å². The molecule has 0 aliphatic heterocycles. The maximum Gasteiger partial charge on any atom is 0.326 e. The van der Waals surface area contributed by atoms with Gasteiger partial charge in [0.25, 0.3) is 5.91 Å². The molecular formula is C21H30N2O6. The highest BCUT2D eigenvalue weighted by atomic mass is 16.5. The number of rotatable bonds is 13. The van der Waals surface area contributed by atoms with Crippen LogP contribution in [-0.2, 0) is 14.4 Å². The highest BCUT2D eigenvalue weighted by Gasteiger charge is 2.33. The Morgan fingerprint density at radius 3 is 2.52 bits per heavy atom. The van der Waals surface area contributed by atoms with E-state index < -0.39 is 12.0 Å². The van der Waals surface area contributed by atoms with Gasteiger partial charge in [-0.05, 0) is 31.4 Å². The van der Waals surface area contributed by atoms with E-state index in [1.54, 1.807) is 23.1 Å². The average Bonchev–Trinajstić information content (AvgIpc) is 3.54. The third-order valence-corrected chi connectivity index (χ3v) is 4.79. The summed E-state index contributed by atoms with van der Waals surface area (Å²) in [6, 6.07) is 6.31. The van der Waals surface area contributed by atoms with Crippen LogP contribution in [0.5, 0.6) is 11.5 Å². The number of aliphatic carboxylic acids is 1. The Labute approximate surface area is 171 Å². The zero-order chi connectivity index (χ0) is 21.2. The number of carboxylic acid groups (broad SMARTS) is 1. The molecule has 0 spiro atoms. The van der Waals surface area contributed by atoms with Gasteiger partial charge in [-0.1, -0.05) is 31.9 Å². The Hall–Kier alpha value is -2.77. The lowest BCUT2D eigenvalue weighted by Crippen LogP contribution is -2.43. The van der Waals surface area contributed by atoms with Gasteiger partial charge in [-0.25, -0.2) is 4.79 Å². The quantitative estimate of drug-likeness (QED) is 0.520. The first-order chi connectivity index (χ1) is 14.0. The molecular weight excluding hydrogens is 376 g/mol. The minimum Gasteiger partial charge on any atom is -0.493 e. The van der Waals surface area contributed by atoms with Crippen LogP contribution in [0.1, 0.15) is 45.4 Å². The minimum atomic E-state index is -1.04. The number of amides is 2. The van der Waals surface area contributed by atoms with Gasteiger partial charge in [0.15, 0.2) is 18.1 Å². The molecule has 1 unspecified atom stereocenters. The van der Waals surface area contributed by atoms with E-state index in [1.165, 1.54) is 7.11 Å². The number of nitrogens with one attached hydrogen (secondary N) is 1. The number of benzene rings is 1. The van der Waals surface area contributed by atoms with E-state index in [2.05, 4.69) is 5.32 Å². The second-order valence-corrected chi connectivity index (χ2v) is 7.11. The van der Waals surface area contributed by atoms with E-state index in [1.807, 2.05) is 13.0 Å². The van der Waals surface area contributed by atoms with Gasteiger partial charge in [0, 0.05) is 19.0 Å². The number of ether oxygens (including phenoxy) is 2. The smallest absolute Gasteiger partial charge is 0.326 e. The minimum absolute atomic E-state index is 0.0623. The summed E-state index contributed by atoms with van der Waals surface area (Å²) in [5.74, 6) is -0.571. The fourth-order valence-corrected chi connectivity index (χ4v) is 3.01. The van der Waals surface area contributed by atoms with Crippen LogP contribution in [0.3, 0.4) is 0 Å². The van der Waals surface area contributed by atoms with Gasteiger partial charge in [-0.2, -0.15) is 0 Å². The number of hydrogen-bond donors (Lipinski definition) is 2. The van der Waals surface area contributed by atoms with Crippen molar-refractivity contribution in [2.75, 3.05) is 20.3 Å². The number of carbonyl (C=O) groups excluding carboxylic acids is 2. The summed E-state index contributed by atoms with van der Waals surface area (Å²) in [6.45, 7) is 2.06. The number of carbonyl (C=O) groups is 3. The van der Waals surface area contributed by atoms with Crippen LogP contribution < -0.4 is 14.8 Å². The topological polar surface area (TPSA) is 105 Å². The van der Waals surface area contributed by atoms with Crippen molar-refractivity contribution in [3.8, 4) is 11.5 Å². The fraction of sp³-hybridized carbons (Fsp3) is 0.571. The van der Waals surface area contributed by atoms with E-state index in [-0.39, 0.29) is 37.4 Å². The molecule has 2 amide bonds. The number of unbranched alkanes of at least 4 members (excludes halogenated alkanes) is 1. The maximum absolute atomic E-state index is 12.6. The van der Waals surface area contributed by atoms with Gasteiger partial charge in [-0.3, -0.25) is 9.59 Å². The Bertz CT molecular complexity index is 704. The van der Waals surface area contributed by atoms with E-state index >= 15 is 0 Å². The lowest BCUT2D eigenvalue weighted by molar-refractivity contribution is -0.142. The van der Waals surface area contributed by atoms with Crippen LogP contribution in [-0.4, -0.2) is 60.1 Å². The van der Waals surface area contributed by atoms with Crippen LogP contribution in [0, 0.1) is 0 Å². The largest absolute Gasteiger partial charge is 0.493 e. The molecule has 2 rings (SSSR count). The molecule has 2 N–H and O–H groups in total. The SMILES string of the molecule is CCCCC(NC(=O)CCN(C(=O)COc1ccccc1OC)C1CC1)C(=O)O. The zero-order valence-electron chi connectivity index (χ0n) is 17.1. The molecule has 1 aromatic carbocycles. The zero-order valence-corrected chi connectivity index (χ0v) is 17.1. The van der Waals surface area contributed by atoms with E-state index in [0.29, 0.717) is 17.9 Å². The molecule has 1 fully saturated rings. The molecule has 0 heterocycles. The van der Waals surface area contributed by atoms with Gasteiger partial charge >= 0.3 is 5.97 Å². The maximum atomic E-state index is 12.6.